The molecule has 0 spiro atoms. The number of nitrogens with two attached hydrogens (primary N) is 1. The van der Waals surface area contributed by atoms with Crippen LogP contribution in [0.2, 0.25) is 5.02 Å². The van der Waals surface area contributed by atoms with Crippen LogP contribution in [0, 0.1) is 0 Å². The van der Waals surface area contributed by atoms with Crippen molar-refractivity contribution in [1.82, 2.24) is 0 Å². The van der Waals surface area contributed by atoms with E-state index in [0.29, 0.717) is 23.3 Å². The molecule has 0 aromatic heterocycles. The lowest BCUT2D eigenvalue weighted by Gasteiger charge is -2.22. The predicted molar refractivity (Wildman–Crippen MR) is 65.8 cm³/mol. The first-order valence-electron chi connectivity index (χ1n) is 5.69. The third kappa shape index (κ3) is 1.74. The van der Waals surface area contributed by atoms with Gasteiger partial charge in [-0.2, -0.15) is 0 Å². The number of hydrogen-bond donors (Lipinski definition) is 2. The molecular formula is C12H15ClN2O. The molecule has 2 heterocycles. The minimum absolute atomic E-state index is 0.350. The molecule has 3 rings (SSSR count). The molecule has 3 nitrogen and oxygen atoms in total. The smallest absolute Gasteiger partial charge is 0.0781 e. The Labute approximate surface area is 99.9 Å². The molecule has 3 atom stereocenters. The predicted octanol–water partition coefficient (Wildman–Crippen LogP) is 2.65. The molecule has 1 aromatic carbocycles. The zero-order chi connectivity index (χ0) is 11.1. The SMILES string of the molecule is Nc1ccc(Cl)cc1NC1CC2CCC1O2. The van der Waals surface area contributed by atoms with Gasteiger partial charge in [-0.15, -0.1) is 0 Å². The van der Waals surface area contributed by atoms with Gasteiger partial charge in [0, 0.05) is 5.02 Å². The fourth-order valence-corrected chi connectivity index (χ4v) is 2.82. The summed E-state index contributed by atoms with van der Waals surface area (Å²) in [6, 6.07) is 5.90. The third-order valence-electron chi connectivity index (χ3n) is 3.46. The van der Waals surface area contributed by atoms with E-state index < -0.39 is 0 Å². The summed E-state index contributed by atoms with van der Waals surface area (Å²) in [7, 11) is 0. The molecule has 2 bridgehead atoms. The van der Waals surface area contributed by atoms with E-state index in [1.807, 2.05) is 12.1 Å². The van der Waals surface area contributed by atoms with Gasteiger partial charge in [0.2, 0.25) is 0 Å². The number of benzene rings is 1. The number of ether oxygens (including phenoxy) is 1. The van der Waals surface area contributed by atoms with E-state index in [2.05, 4.69) is 5.32 Å². The van der Waals surface area contributed by atoms with Gasteiger partial charge < -0.3 is 15.8 Å². The van der Waals surface area contributed by atoms with Crippen LogP contribution in [0.15, 0.2) is 18.2 Å². The Morgan fingerprint density at radius 3 is 2.94 bits per heavy atom. The molecule has 0 aliphatic carbocycles. The molecule has 3 unspecified atom stereocenters. The quantitative estimate of drug-likeness (QED) is 0.779. The van der Waals surface area contributed by atoms with Gasteiger partial charge in [0.1, 0.15) is 0 Å². The highest BCUT2D eigenvalue weighted by atomic mass is 35.5. The molecule has 0 saturated carbocycles. The Bertz CT molecular complexity index is 410. The minimum atomic E-state index is 0.350. The van der Waals surface area contributed by atoms with Crippen LogP contribution in [-0.4, -0.2) is 18.2 Å². The zero-order valence-electron chi connectivity index (χ0n) is 8.95. The van der Waals surface area contributed by atoms with Crippen molar-refractivity contribution < 1.29 is 4.74 Å². The standard InChI is InChI=1S/C12H15ClN2O/c13-7-1-3-9(14)10(5-7)15-11-6-8-2-4-12(11)16-8/h1,3,5,8,11-12,15H,2,4,6,14H2. The summed E-state index contributed by atoms with van der Waals surface area (Å²) in [6.07, 6.45) is 4.24. The Morgan fingerprint density at radius 1 is 1.38 bits per heavy atom. The highest BCUT2D eigenvalue weighted by Gasteiger charge is 2.40. The molecule has 0 radical (unpaired) electrons. The number of halogens is 1. The van der Waals surface area contributed by atoms with Crippen molar-refractivity contribution in [3.63, 3.8) is 0 Å². The van der Waals surface area contributed by atoms with E-state index in [1.54, 1.807) is 6.07 Å². The summed E-state index contributed by atoms with van der Waals surface area (Å²) in [6.45, 7) is 0. The normalized spacial score (nSPS) is 31.9. The molecule has 86 valence electrons. The van der Waals surface area contributed by atoms with Crippen LogP contribution in [0.5, 0.6) is 0 Å². The van der Waals surface area contributed by atoms with Crippen molar-refractivity contribution in [3.05, 3.63) is 23.2 Å². The number of hydrogen-bond acceptors (Lipinski definition) is 3. The highest BCUT2D eigenvalue weighted by Crippen LogP contribution is 2.37. The fraction of sp³-hybridized carbons (Fsp3) is 0.500. The van der Waals surface area contributed by atoms with E-state index >= 15 is 0 Å². The monoisotopic (exact) mass is 238 g/mol. The molecule has 2 aliphatic heterocycles. The average molecular weight is 239 g/mol. The maximum absolute atomic E-state index is 5.95. The summed E-state index contributed by atoms with van der Waals surface area (Å²) in [5.41, 5.74) is 7.57. The van der Waals surface area contributed by atoms with Gasteiger partial charge in [-0.1, -0.05) is 11.6 Å². The Hall–Kier alpha value is -0.930. The maximum Gasteiger partial charge on any atom is 0.0781 e. The molecule has 16 heavy (non-hydrogen) atoms. The van der Waals surface area contributed by atoms with Crippen LogP contribution < -0.4 is 11.1 Å². The first-order valence-corrected chi connectivity index (χ1v) is 6.07. The second-order valence-corrected chi connectivity index (χ2v) is 5.03. The summed E-state index contributed by atoms with van der Waals surface area (Å²) < 4.78 is 5.79. The van der Waals surface area contributed by atoms with Crippen LogP contribution in [0.25, 0.3) is 0 Å². The minimum Gasteiger partial charge on any atom is -0.397 e. The number of fused-ring (bicyclic) bond motifs is 2. The van der Waals surface area contributed by atoms with Crippen LogP contribution in [0.3, 0.4) is 0 Å². The molecular weight excluding hydrogens is 224 g/mol. The summed E-state index contributed by atoms with van der Waals surface area (Å²) in [5.74, 6) is 0. The number of nitrogens with one attached hydrogen (secondary N) is 1. The lowest BCUT2D eigenvalue weighted by atomic mass is 9.95. The van der Waals surface area contributed by atoms with Gasteiger partial charge in [-0.25, -0.2) is 0 Å². The van der Waals surface area contributed by atoms with Gasteiger partial charge in [-0.05, 0) is 37.5 Å². The largest absolute Gasteiger partial charge is 0.397 e. The Balaban J connectivity index is 1.76. The molecule has 2 fully saturated rings. The van der Waals surface area contributed by atoms with E-state index in [-0.39, 0.29) is 0 Å². The molecule has 4 heteroatoms. The van der Waals surface area contributed by atoms with Gasteiger partial charge in [0.25, 0.3) is 0 Å². The van der Waals surface area contributed by atoms with Crippen molar-refractivity contribution >= 4 is 23.0 Å². The maximum atomic E-state index is 5.95. The van der Waals surface area contributed by atoms with Gasteiger partial charge in [-0.3, -0.25) is 0 Å². The van der Waals surface area contributed by atoms with Crippen molar-refractivity contribution in [3.8, 4) is 0 Å². The average Bonchev–Trinajstić information content (AvgIpc) is 2.85. The van der Waals surface area contributed by atoms with Gasteiger partial charge in [0.05, 0.1) is 29.6 Å². The van der Waals surface area contributed by atoms with Gasteiger partial charge >= 0.3 is 0 Å². The number of nitrogen functional groups attached to an aromatic ring is 1. The summed E-state index contributed by atoms with van der Waals surface area (Å²) in [4.78, 5) is 0. The van der Waals surface area contributed by atoms with Crippen LogP contribution in [0.1, 0.15) is 19.3 Å². The van der Waals surface area contributed by atoms with E-state index in [0.717, 1.165) is 24.2 Å². The second-order valence-electron chi connectivity index (χ2n) is 4.59. The van der Waals surface area contributed by atoms with E-state index in [4.69, 9.17) is 22.1 Å². The Morgan fingerprint density at radius 2 is 2.25 bits per heavy atom. The van der Waals surface area contributed by atoms with Crippen LogP contribution in [-0.2, 0) is 4.74 Å². The third-order valence-corrected chi connectivity index (χ3v) is 3.70. The first kappa shape index (κ1) is 10.2. The van der Waals surface area contributed by atoms with Crippen molar-refractivity contribution in [2.45, 2.75) is 37.5 Å². The van der Waals surface area contributed by atoms with Crippen molar-refractivity contribution in [2.24, 2.45) is 0 Å². The lowest BCUT2D eigenvalue weighted by Crippen LogP contribution is -2.30. The highest BCUT2D eigenvalue weighted by molar-refractivity contribution is 6.31. The van der Waals surface area contributed by atoms with E-state index in [1.165, 1.54) is 6.42 Å². The Kier molecular flexibility index (Phi) is 2.45. The first-order chi connectivity index (χ1) is 7.72. The molecule has 3 N–H and O–H groups in total. The van der Waals surface area contributed by atoms with Crippen LogP contribution >= 0.6 is 11.6 Å². The number of rotatable bonds is 2. The zero-order valence-corrected chi connectivity index (χ0v) is 9.70. The molecule has 2 saturated heterocycles. The molecule has 0 amide bonds. The fourth-order valence-electron chi connectivity index (χ4n) is 2.64. The van der Waals surface area contributed by atoms with Gasteiger partial charge in [0.15, 0.2) is 0 Å². The van der Waals surface area contributed by atoms with E-state index in [9.17, 15) is 0 Å². The molecule has 2 aliphatic rings. The summed E-state index contributed by atoms with van der Waals surface area (Å²) >= 11 is 5.95. The lowest BCUT2D eigenvalue weighted by molar-refractivity contribution is 0.102. The van der Waals surface area contributed by atoms with Crippen molar-refractivity contribution in [2.75, 3.05) is 11.1 Å². The van der Waals surface area contributed by atoms with Crippen LogP contribution in [0.4, 0.5) is 11.4 Å². The summed E-state index contributed by atoms with van der Waals surface area (Å²) in [5, 5.41) is 4.16. The topological polar surface area (TPSA) is 47.3 Å². The second kappa shape index (κ2) is 3.82. The van der Waals surface area contributed by atoms with Crippen molar-refractivity contribution in [1.29, 1.82) is 0 Å². The number of anilines is 2. The molecule has 1 aromatic rings.